The Labute approximate surface area is 95.8 Å². The monoisotopic (exact) mass is 234 g/mol. The molecule has 0 aliphatic rings. The summed E-state index contributed by atoms with van der Waals surface area (Å²) in [5.41, 5.74) is -0.328. The van der Waals surface area contributed by atoms with Gasteiger partial charge in [-0.2, -0.15) is 0 Å². The lowest BCUT2D eigenvalue weighted by atomic mass is 10.1. The van der Waals surface area contributed by atoms with E-state index in [-0.39, 0.29) is 17.1 Å². The lowest BCUT2D eigenvalue weighted by Gasteiger charge is -2.05. The number of H-pyrrole nitrogens is 1. The van der Waals surface area contributed by atoms with Crippen LogP contribution < -0.4 is 5.69 Å². The number of benzene rings is 1. The van der Waals surface area contributed by atoms with E-state index in [4.69, 9.17) is 5.11 Å². The van der Waals surface area contributed by atoms with Crippen LogP contribution in [0.1, 0.15) is 10.5 Å². The molecule has 2 rings (SSSR count). The van der Waals surface area contributed by atoms with Crippen LogP contribution in [0, 0.1) is 0 Å². The van der Waals surface area contributed by atoms with E-state index in [0.29, 0.717) is 5.56 Å². The number of phenolic OH excluding ortho intramolecular Hbond substituents is 1. The maximum atomic E-state index is 11.4. The predicted molar refractivity (Wildman–Crippen MR) is 60.1 cm³/mol. The summed E-state index contributed by atoms with van der Waals surface area (Å²) in [5.74, 6) is -1.33. The third-order valence-corrected chi connectivity index (χ3v) is 2.48. The maximum Gasteiger partial charge on any atom is 0.354 e. The quantitative estimate of drug-likeness (QED) is 0.715. The van der Waals surface area contributed by atoms with Crippen molar-refractivity contribution in [3.8, 4) is 17.0 Å². The fraction of sp³-hybridized carbons (Fsp3) is 0.0909. The van der Waals surface area contributed by atoms with Gasteiger partial charge in [0.15, 0.2) is 5.69 Å². The number of carboxylic acids is 1. The third kappa shape index (κ3) is 1.69. The lowest BCUT2D eigenvalue weighted by molar-refractivity contribution is 0.0692. The van der Waals surface area contributed by atoms with Crippen molar-refractivity contribution >= 4 is 5.97 Å². The summed E-state index contributed by atoms with van der Waals surface area (Å²) in [6.07, 6.45) is 0. The number of para-hydroxylation sites is 1. The molecule has 2 aromatic rings. The molecule has 0 saturated heterocycles. The zero-order valence-corrected chi connectivity index (χ0v) is 8.97. The first-order valence-electron chi connectivity index (χ1n) is 4.83. The SMILES string of the molecule is Cn1c(-c2ccccc2O)c(C(=O)O)[nH]c1=O. The first-order chi connectivity index (χ1) is 8.02. The van der Waals surface area contributed by atoms with Crippen LogP contribution in [0.4, 0.5) is 0 Å². The van der Waals surface area contributed by atoms with Crippen molar-refractivity contribution in [3.63, 3.8) is 0 Å². The van der Waals surface area contributed by atoms with E-state index in [9.17, 15) is 14.7 Å². The molecule has 1 heterocycles. The third-order valence-electron chi connectivity index (χ3n) is 2.48. The average molecular weight is 234 g/mol. The Morgan fingerprint density at radius 3 is 2.59 bits per heavy atom. The minimum absolute atomic E-state index is 0.0791. The first kappa shape index (κ1) is 11.0. The van der Waals surface area contributed by atoms with E-state index < -0.39 is 11.7 Å². The Morgan fingerprint density at radius 2 is 2.00 bits per heavy atom. The zero-order valence-electron chi connectivity index (χ0n) is 8.97. The highest BCUT2D eigenvalue weighted by atomic mass is 16.4. The van der Waals surface area contributed by atoms with Crippen molar-refractivity contribution in [3.05, 3.63) is 40.4 Å². The molecule has 0 radical (unpaired) electrons. The zero-order chi connectivity index (χ0) is 12.6. The van der Waals surface area contributed by atoms with Gasteiger partial charge in [0.2, 0.25) is 0 Å². The molecule has 0 spiro atoms. The molecule has 6 nitrogen and oxygen atoms in total. The second-order valence-corrected chi connectivity index (χ2v) is 3.54. The van der Waals surface area contributed by atoms with Crippen LogP contribution in [0.3, 0.4) is 0 Å². The van der Waals surface area contributed by atoms with Gasteiger partial charge in [0.05, 0.1) is 5.69 Å². The summed E-state index contributed by atoms with van der Waals surface area (Å²) in [7, 11) is 1.44. The van der Waals surface area contributed by atoms with Gasteiger partial charge < -0.3 is 10.2 Å². The number of carboxylic acid groups (broad SMARTS) is 1. The first-order valence-corrected chi connectivity index (χ1v) is 4.83. The fourth-order valence-electron chi connectivity index (χ4n) is 1.66. The molecule has 0 unspecified atom stereocenters. The molecule has 0 aliphatic heterocycles. The van der Waals surface area contributed by atoms with Crippen LogP contribution in [0.15, 0.2) is 29.1 Å². The Hall–Kier alpha value is -2.50. The normalized spacial score (nSPS) is 10.4. The van der Waals surface area contributed by atoms with Crippen molar-refractivity contribution in [1.82, 2.24) is 9.55 Å². The molecule has 1 aromatic heterocycles. The second kappa shape index (κ2) is 3.82. The van der Waals surface area contributed by atoms with Gasteiger partial charge in [0.1, 0.15) is 5.75 Å². The second-order valence-electron chi connectivity index (χ2n) is 3.54. The van der Waals surface area contributed by atoms with Crippen LogP contribution in [0.5, 0.6) is 5.75 Å². The summed E-state index contributed by atoms with van der Waals surface area (Å²) in [4.78, 5) is 24.7. The molecule has 1 aromatic carbocycles. The van der Waals surface area contributed by atoms with Gasteiger partial charge in [-0.1, -0.05) is 12.1 Å². The molecule has 0 fully saturated rings. The number of aromatic hydroxyl groups is 1. The van der Waals surface area contributed by atoms with Gasteiger partial charge in [-0.25, -0.2) is 9.59 Å². The number of hydrogen-bond acceptors (Lipinski definition) is 3. The van der Waals surface area contributed by atoms with Crippen LogP contribution in [0.2, 0.25) is 0 Å². The number of aromatic nitrogens is 2. The summed E-state index contributed by atoms with van der Waals surface area (Å²) in [5, 5.41) is 18.7. The Morgan fingerprint density at radius 1 is 1.35 bits per heavy atom. The minimum Gasteiger partial charge on any atom is -0.507 e. The molecular weight excluding hydrogens is 224 g/mol. The highest BCUT2D eigenvalue weighted by molar-refractivity contribution is 5.93. The number of nitrogens with zero attached hydrogens (tertiary/aromatic N) is 1. The number of aromatic amines is 1. The number of imidazole rings is 1. The highest BCUT2D eigenvalue weighted by Crippen LogP contribution is 2.29. The van der Waals surface area contributed by atoms with Gasteiger partial charge in [-0.15, -0.1) is 0 Å². The van der Waals surface area contributed by atoms with Gasteiger partial charge in [-0.3, -0.25) is 9.55 Å². The largest absolute Gasteiger partial charge is 0.507 e. The topological polar surface area (TPSA) is 95.3 Å². The van der Waals surface area contributed by atoms with Crippen molar-refractivity contribution in [1.29, 1.82) is 0 Å². The van der Waals surface area contributed by atoms with Crippen molar-refractivity contribution < 1.29 is 15.0 Å². The van der Waals surface area contributed by atoms with E-state index in [1.54, 1.807) is 18.2 Å². The standard InChI is InChI=1S/C11H10N2O4/c1-13-9(6-4-2-3-5-7(6)14)8(10(15)16)12-11(13)17/h2-5,14H,1H3,(H,12,17)(H,15,16). The summed E-state index contributed by atoms with van der Waals surface area (Å²) in [6, 6.07) is 6.24. The maximum absolute atomic E-state index is 11.4. The van der Waals surface area contributed by atoms with Crippen molar-refractivity contribution in [2.24, 2.45) is 7.05 Å². The minimum atomic E-state index is -1.25. The van der Waals surface area contributed by atoms with Gasteiger partial charge >= 0.3 is 11.7 Å². The molecular formula is C11H10N2O4. The lowest BCUT2D eigenvalue weighted by Crippen LogP contribution is -2.13. The van der Waals surface area contributed by atoms with Gasteiger partial charge in [0, 0.05) is 12.6 Å². The number of carbonyl (C=O) groups is 1. The predicted octanol–water partition coefficient (Wildman–Crippen LogP) is 0.784. The van der Waals surface area contributed by atoms with Crippen LogP contribution in [-0.4, -0.2) is 25.7 Å². The average Bonchev–Trinajstić information content (AvgIpc) is 2.57. The number of rotatable bonds is 2. The van der Waals surface area contributed by atoms with Crippen LogP contribution in [-0.2, 0) is 7.05 Å². The van der Waals surface area contributed by atoms with E-state index in [1.165, 1.54) is 13.1 Å². The Bertz CT molecular complexity index is 639. The number of aromatic carboxylic acids is 1. The Kier molecular flexibility index (Phi) is 2.47. The van der Waals surface area contributed by atoms with E-state index in [1.807, 2.05) is 0 Å². The summed E-state index contributed by atoms with van der Waals surface area (Å²) >= 11 is 0. The molecule has 88 valence electrons. The van der Waals surface area contributed by atoms with E-state index in [2.05, 4.69) is 4.98 Å². The molecule has 0 atom stereocenters. The molecule has 17 heavy (non-hydrogen) atoms. The van der Waals surface area contributed by atoms with E-state index >= 15 is 0 Å². The Balaban J connectivity index is 2.79. The number of phenols is 1. The fourth-order valence-corrected chi connectivity index (χ4v) is 1.66. The molecule has 0 bridgehead atoms. The van der Waals surface area contributed by atoms with Gasteiger partial charge in [0.25, 0.3) is 0 Å². The highest BCUT2D eigenvalue weighted by Gasteiger charge is 2.20. The smallest absolute Gasteiger partial charge is 0.354 e. The number of nitrogens with one attached hydrogen (secondary N) is 1. The van der Waals surface area contributed by atoms with Crippen molar-refractivity contribution in [2.45, 2.75) is 0 Å². The van der Waals surface area contributed by atoms with Crippen LogP contribution >= 0.6 is 0 Å². The molecule has 6 heteroatoms. The number of hydrogen-bond donors (Lipinski definition) is 3. The van der Waals surface area contributed by atoms with Crippen LogP contribution in [0.25, 0.3) is 11.3 Å². The molecule has 3 N–H and O–H groups in total. The molecule has 0 aliphatic carbocycles. The van der Waals surface area contributed by atoms with Gasteiger partial charge in [-0.05, 0) is 12.1 Å². The molecule has 0 saturated carbocycles. The molecule has 0 amide bonds. The summed E-state index contributed by atoms with van der Waals surface area (Å²) in [6.45, 7) is 0. The van der Waals surface area contributed by atoms with Crippen molar-refractivity contribution in [2.75, 3.05) is 0 Å². The van der Waals surface area contributed by atoms with E-state index in [0.717, 1.165) is 4.57 Å². The summed E-state index contributed by atoms with van der Waals surface area (Å²) < 4.78 is 1.15.